The highest BCUT2D eigenvalue weighted by molar-refractivity contribution is 7.98. The summed E-state index contributed by atoms with van der Waals surface area (Å²) in [7, 11) is 0. The Kier molecular flexibility index (Phi) is 5.64. The fourth-order valence-electron chi connectivity index (χ4n) is 1.25. The van der Waals surface area contributed by atoms with Gasteiger partial charge in [0.15, 0.2) is 0 Å². The molecular formula is C12H14O3S. The van der Waals surface area contributed by atoms with Crippen molar-refractivity contribution in [2.75, 3.05) is 5.75 Å². The van der Waals surface area contributed by atoms with Gasteiger partial charge in [-0.1, -0.05) is 30.3 Å². The second-order valence-electron chi connectivity index (χ2n) is 3.44. The fraction of sp³-hybridized carbons (Fsp3) is 0.333. The molecule has 1 aromatic carbocycles. The Morgan fingerprint density at radius 1 is 1.38 bits per heavy atom. The SMILES string of the molecule is O=CCC(CSCc1ccccc1)C(=O)O. The molecule has 0 aliphatic carbocycles. The molecule has 0 heterocycles. The number of aldehydes is 1. The van der Waals surface area contributed by atoms with Crippen molar-refractivity contribution in [2.45, 2.75) is 12.2 Å². The molecule has 0 radical (unpaired) electrons. The van der Waals surface area contributed by atoms with Crippen LogP contribution in [0.2, 0.25) is 0 Å². The van der Waals surface area contributed by atoms with Gasteiger partial charge in [-0.05, 0) is 5.56 Å². The molecule has 0 saturated heterocycles. The van der Waals surface area contributed by atoms with Gasteiger partial charge in [0.1, 0.15) is 6.29 Å². The molecule has 86 valence electrons. The maximum absolute atomic E-state index is 10.8. The summed E-state index contributed by atoms with van der Waals surface area (Å²) in [5.74, 6) is -0.203. The summed E-state index contributed by atoms with van der Waals surface area (Å²) in [4.78, 5) is 21.0. The second-order valence-corrected chi connectivity index (χ2v) is 4.47. The molecule has 1 atom stereocenters. The zero-order valence-electron chi connectivity index (χ0n) is 8.83. The lowest BCUT2D eigenvalue weighted by molar-refractivity contribution is -0.141. The number of carboxylic acid groups (broad SMARTS) is 1. The topological polar surface area (TPSA) is 54.4 Å². The summed E-state index contributed by atoms with van der Waals surface area (Å²) in [6, 6.07) is 9.86. The molecule has 16 heavy (non-hydrogen) atoms. The molecule has 0 fully saturated rings. The zero-order chi connectivity index (χ0) is 11.8. The van der Waals surface area contributed by atoms with Crippen LogP contribution in [0.25, 0.3) is 0 Å². The molecule has 3 nitrogen and oxygen atoms in total. The maximum Gasteiger partial charge on any atom is 0.307 e. The van der Waals surface area contributed by atoms with E-state index < -0.39 is 11.9 Å². The Hall–Kier alpha value is -1.29. The lowest BCUT2D eigenvalue weighted by Gasteiger charge is -2.08. The predicted octanol–water partition coefficient (Wildman–Crippen LogP) is 2.21. The van der Waals surface area contributed by atoms with Crippen LogP contribution in [0.4, 0.5) is 0 Å². The number of carbonyl (C=O) groups excluding carboxylic acids is 1. The molecule has 0 saturated carbocycles. The molecule has 0 bridgehead atoms. The Bertz CT molecular complexity index is 337. The van der Waals surface area contributed by atoms with Crippen LogP contribution in [0.1, 0.15) is 12.0 Å². The highest BCUT2D eigenvalue weighted by Gasteiger charge is 2.16. The van der Waals surface area contributed by atoms with Gasteiger partial charge in [-0.2, -0.15) is 11.8 Å². The van der Waals surface area contributed by atoms with Crippen molar-refractivity contribution in [3.8, 4) is 0 Å². The molecule has 0 amide bonds. The Morgan fingerprint density at radius 2 is 2.06 bits per heavy atom. The smallest absolute Gasteiger partial charge is 0.307 e. The Morgan fingerprint density at radius 3 is 2.62 bits per heavy atom. The van der Waals surface area contributed by atoms with Crippen molar-refractivity contribution in [3.63, 3.8) is 0 Å². The third-order valence-electron chi connectivity index (χ3n) is 2.16. The quantitative estimate of drug-likeness (QED) is 0.740. The van der Waals surface area contributed by atoms with E-state index in [4.69, 9.17) is 5.11 Å². The van der Waals surface area contributed by atoms with Crippen molar-refractivity contribution in [2.24, 2.45) is 5.92 Å². The molecule has 4 heteroatoms. The Balaban J connectivity index is 2.33. The number of hydrogen-bond donors (Lipinski definition) is 1. The first kappa shape index (κ1) is 12.8. The summed E-state index contributed by atoms with van der Waals surface area (Å²) in [6.45, 7) is 0. The van der Waals surface area contributed by atoms with Crippen molar-refractivity contribution < 1.29 is 14.7 Å². The van der Waals surface area contributed by atoms with Gasteiger partial charge in [0.2, 0.25) is 0 Å². The van der Waals surface area contributed by atoms with Crippen LogP contribution in [0.5, 0.6) is 0 Å². The van der Waals surface area contributed by atoms with Crippen molar-refractivity contribution in [1.29, 1.82) is 0 Å². The third-order valence-corrected chi connectivity index (χ3v) is 3.34. The monoisotopic (exact) mass is 238 g/mol. The van der Waals surface area contributed by atoms with E-state index in [-0.39, 0.29) is 6.42 Å². The van der Waals surface area contributed by atoms with Gasteiger partial charge in [0, 0.05) is 17.9 Å². The number of benzene rings is 1. The average Bonchev–Trinajstić information content (AvgIpc) is 2.29. The number of aliphatic carboxylic acids is 1. The van der Waals surface area contributed by atoms with Gasteiger partial charge in [-0.15, -0.1) is 0 Å². The first-order valence-corrected chi connectivity index (χ1v) is 6.17. The predicted molar refractivity (Wildman–Crippen MR) is 64.4 cm³/mol. The first-order chi connectivity index (χ1) is 7.74. The lowest BCUT2D eigenvalue weighted by atomic mass is 10.1. The van der Waals surface area contributed by atoms with Gasteiger partial charge in [-0.25, -0.2) is 0 Å². The van der Waals surface area contributed by atoms with Gasteiger partial charge in [0.25, 0.3) is 0 Å². The molecule has 0 aliphatic rings. The van der Waals surface area contributed by atoms with E-state index >= 15 is 0 Å². The summed E-state index contributed by atoms with van der Waals surface area (Å²) in [6.07, 6.45) is 0.763. The summed E-state index contributed by atoms with van der Waals surface area (Å²) < 4.78 is 0. The number of carbonyl (C=O) groups is 2. The van der Waals surface area contributed by atoms with Gasteiger partial charge in [-0.3, -0.25) is 4.79 Å². The van der Waals surface area contributed by atoms with Crippen LogP contribution in [0, 0.1) is 5.92 Å². The van der Waals surface area contributed by atoms with Gasteiger partial charge < -0.3 is 9.90 Å². The van der Waals surface area contributed by atoms with E-state index in [0.717, 1.165) is 5.75 Å². The minimum absolute atomic E-state index is 0.0944. The third kappa shape index (κ3) is 4.49. The molecule has 0 aromatic heterocycles. The van der Waals surface area contributed by atoms with Crippen LogP contribution in [0.3, 0.4) is 0 Å². The highest BCUT2D eigenvalue weighted by atomic mass is 32.2. The van der Waals surface area contributed by atoms with Gasteiger partial charge >= 0.3 is 5.97 Å². The first-order valence-electron chi connectivity index (χ1n) is 5.02. The zero-order valence-corrected chi connectivity index (χ0v) is 9.65. The molecule has 1 N–H and O–H groups in total. The van der Waals surface area contributed by atoms with E-state index in [2.05, 4.69) is 0 Å². The van der Waals surface area contributed by atoms with Gasteiger partial charge in [0.05, 0.1) is 5.92 Å². The number of rotatable bonds is 7. The molecule has 1 rings (SSSR count). The minimum atomic E-state index is -0.896. The van der Waals surface area contributed by atoms with E-state index in [1.807, 2.05) is 30.3 Å². The molecule has 1 aromatic rings. The average molecular weight is 238 g/mol. The fourth-order valence-corrected chi connectivity index (χ4v) is 2.36. The van der Waals surface area contributed by atoms with Crippen molar-refractivity contribution >= 4 is 24.0 Å². The Labute approximate surface area is 98.9 Å². The summed E-state index contributed by atoms with van der Waals surface area (Å²) in [5, 5.41) is 8.83. The summed E-state index contributed by atoms with van der Waals surface area (Å²) >= 11 is 1.54. The van der Waals surface area contributed by atoms with Crippen molar-refractivity contribution in [3.05, 3.63) is 35.9 Å². The number of hydrogen-bond acceptors (Lipinski definition) is 3. The highest BCUT2D eigenvalue weighted by Crippen LogP contribution is 2.17. The molecule has 0 spiro atoms. The molecule has 0 aliphatic heterocycles. The second kappa shape index (κ2) is 7.06. The van der Waals surface area contributed by atoms with E-state index in [0.29, 0.717) is 12.0 Å². The minimum Gasteiger partial charge on any atom is -0.481 e. The van der Waals surface area contributed by atoms with E-state index in [1.54, 1.807) is 11.8 Å². The number of thioether (sulfide) groups is 1. The van der Waals surface area contributed by atoms with Crippen molar-refractivity contribution in [1.82, 2.24) is 0 Å². The van der Waals surface area contributed by atoms with E-state index in [9.17, 15) is 9.59 Å². The number of carboxylic acids is 1. The van der Waals surface area contributed by atoms with Crippen LogP contribution in [-0.4, -0.2) is 23.1 Å². The maximum atomic E-state index is 10.8. The largest absolute Gasteiger partial charge is 0.481 e. The van der Waals surface area contributed by atoms with E-state index in [1.165, 1.54) is 5.56 Å². The van der Waals surface area contributed by atoms with Crippen LogP contribution in [0.15, 0.2) is 30.3 Å². The molecule has 1 unspecified atom stereocenters. The summed E-state index contributed by atoms with van der Waals surface area (Å²) in [5.41, 5.74) is 1.17. The van der Waals surface area contributed by atoms with Crippen LogP contribution >= 0.6 is 11.8 Å². The lowest BCUT2D eigenvalue weighted by Crippen LogP contribution is -2.16. The molecular weight excluding hydrogens is 224 g/mol. The van der Waals surface area contributed by atoms with Crippen LogP contribution < -0.4 is 0 Å². The normalized spacial score (nSPS) is 12.0. The van der Waals surface area contributed by atoms with Crippen LogP contribution in [-0.2, 0) is 15.3 Å². The standard InChI is InChI=1S/C12H14O3S/c13-7-6-11(12(14)15)9-16-8-10-4-2-1-3-5-10/h1-5,7,11H,6,8-9H2,(H,14,15).